The van der Waals surface area contributed by atoms with Gasteiger partial charge in [-0.3, -0.25) is 0 Å². The minimum absolute atomic E-state index is 0.190. The average Bonchev–Trinajstić information content (AvgIpc) is 2.68. The summed E-state index contributed by atoms with van der Waals surface area (Å²) in [5.74, 6) is 0.263. The fourth-order valence-corrected chi connectivity index (χ4v) is 4.88. The third-order valence-electron chi connectivity index (χ3n) is 4.90. The molecule has 5 nitrogen and oxygen atoms in total. The molecule has 146 valence electrons. The smallest absolute Gasteiger partial charge is 0.246 e. The summed E-state index contributed by atoms with van der Waals surface area (Å²) < 4.78 is 47.2. The fraction of sp³-hybridized carbons (Fsp3) is 0.400. The molecule has 0 aromatic heterocycles. The highest BCUT2D eigenvalue weighted by molar-refractivity contribution is 7.89. The quantitative estimate of drug-likeness (QED) is 0.782. The number of hydrogen-bond acceptors (Lipinski definition) is 4. The first kappa shape index (κ1) is 19.6. The Balaban J connectivity index is 1.83. The topological polar surface area (TPSA) is 49.9 Å². The molecule has 0 N–H and O–H groups in total. The summed E-state index contributed by atoms with van der Waals surface area (Å²) >= 11 is 0. The molecule has 0 radical (unpaired) electrons. The largest absolute Gasteiger partial charge is 0.495 e. The number of para-hydroxylation sites is 1. The summed E-state index contributed by atoms with van der Waals surface area (Å²) in [6.45, 7) is 5.51. The number of nitrogens with zero attached hydrogens (tertiary/aromatic N) is 2. The first-order valence-corrected chi connectivity index (χ1v) is 10.5. The Labute approximate surface area is 160 Å². The molecule has 0 spiro atoms. The van der Waals surface area contributed by atoms with Crippen molar-refractivity contribution in [3.8, 4) is 5.75 Å². The molecule has 2 aromatic carbocycles. The van der Waals surface area contributed by atoms with Crippen LogP contribution >= 0.6 is 0 Å². The highest BCUT2D eigenvalue weighted by atomic mass is 32.2. The first-order valence-electron chi connectivity index (χ1n) is 9.02. The van der Waals surface area contributed by atoms with Gasteiger partial charge in [-0.1, -0.05) is 32.0 Å². The Hall–Kier alpha value is -2.12. The van der Waals surface area contributed by atoms with Crippen LogP contribution in [0.5, 0.6) is 5.75 Å². The van der Waals surface area contributed by atoms with Gasteiger partial charge >= 0.3 is 0 Å². The van der Waals surface area contributed by atoms with Crippen molar-refractivity contribution in [2.75, 3.05) is 38.2 Å². The normalized spacial score (nSPS) is 16.0. The van der Waals surface area contributed by atoms with Gasteiger partial charge in [-0.2, -0.15) is 4.31 Å². The monoisotopic (exact) mass is 392 g/mol. The van der Waals surface area contributed by atoms with Crippen molar-refractivity contribution in [2.45, 2.75) is 24.7 Å². The number of ether oxygens (including phenoxy) is 1. The second-order valence-electron chi connectivity index (χ2n) is 6.91. The van der Waals surface area contributed by atoms with Crippen LogP contribution in [0.1, 0.15) is 25.3 Å². The highest BCUT2D eigenvalue weighted by Gasteiger charge is 2.31. The minimum Gasteiger partial charge on any atom is -0.495 e. The first-order chi connectivity index (χ1) is 12.8. The summed E-state index contributed by atoms with van der Waals surface area (Å²) in [6.07, 6.45) is 0. The van der Waals surface area contributed by atoms with Crippen LogP contribution in [0, 0.1) is 5.82 Å². The van der Waals surface area contributed by atoms with Gasteiger partial charge in [0.1, 0.15) is 16.5 Å². The van der Waals surface area contributed by atoms with Crippen molar-refractivity contribution in [3.05, 3.63) is 53.8 Å². The van der Waals surface area contributed by atoms with E-state index in [1.165, 1.54) is 17.5 Å². The maximum atomic E-state index is 14.0. The van der Waals surface area contributed by atoms with E-state index in [1.54, 1.807) is 30.3 Å². The lowest BCUT2D eigenvalue weighted by molar-refractivity contribution is 0.373. The molecule has 1 saturated heterocycles. The molecular formula is C20H25FN2O3S. The Morgan fingerprint density at radius 3 is 2.30 bits per heavy atom. The summed E-state index contributed by atoms with van der Waals surface area (Å²) in [7, 11) is -2.22. The van der Waals surface area contributed by atoms with Gasteiger partial charge in [0.25, 0.3) is 0 Å². The number of halogens is 1. The standard InChI is InChI=1S/C20H25FN2O3S/c1-15(2)16-8-9-19(26-3)20(14-16)27(24,25)23-12-10-22(11-13-23)18-7-5-4-6-17(18)21/h4-9,14-15H,10-13H2,1-3H3. The second-order valence-corrected chi connectivity index (χ2v) is 8.81. The van der Waals surface area contributed by atoms with Gasteiger partial charge in [0.2, 0.25) is 10.0 Å². The van der Waals surface area contributed by atoms with Gasteiger partial charge in [0.05, 0.1) is 12.8 Å². The van der Waals surface area contributed by atoms with Crippen LogP contribution in [-0.2, 0) is 10.0 Å². The molecule has 3 rings (SSSR count). The van der Waals surface area contributed by atoms with Crippen LogP contribution in [0.25, 0.3) is 0 Å². The Morgan fingerprint density at radius 2 is 1.70 bits per heavy atom. The van der Waals surface area contributed by atoms with E-state index >= 15 is 0 Å². The molecular weight excluding hydrogens is 367 g/mol. The molecule has 7 heteroatoms. The van der Waals surface area contributed by atoms with E-state index in [0.717, 1.165) is 5.56 Å². The van der Waals surface area contributed by atoms with E-state index in [2.05, 4.69) is 0 Å². The van der Waals surface area contributed by atoms with Gasteiger partial charge in [0.15, 0.2) is 0 Å². The number of anilines is 1. The van der Waals surface area contributed by atoms with Crippen LogP contribution < -0.4 is 9.64 Å². The van der Waals surface area contributed by atoms with Crippen LogP contribution in [-0.4, -0.2) is 46.0 Å². The van der Waals surface area contributed by atoms with Gasteiger partial charge in [-0.05, 0) is 35.7 Å². The molecule has 0 aliphatic carbocycles. The fourth-order valence-electron chi connectivity index (χ4n) is 3.27. The van der Waals surface area contributed by atoms with Crippen molar-refractivity contribution < 1.29 is 17.5 Å². The van der Waals surface area contributed by atoms with E-state index in [-0.39, 0.29) is 16.6 Å². The maximum Gasteiger partial charge on any atom is 0.246 e. The third kappa shape index (κ3) is 3.94. The Morgan fingerprint density at radius 1 is 1.04 bits per heavy atom. The van der Waals surface area contributed by atoms with E-state index in [4.69, 9.17) is 4.74 Å². The number of benzene rings is 2. The molecule has 0 unspecified atom stereocenters. The van der Waals surface area contributed by atoms with E-state index in [1.807, 2.05) is 24.8 Å². The van der Waals surface area contributed by atoms with Crippen molar-refractivity contribution in [2.24, 2.45) is 0 Å². The lowest BCUT2D eigenvalue weighted by Gasteiger charge is -2.35. The van der Waals surface area contributed by atoms with Crippen LogP contribution in [0.15, 0.2) is 47.4 Å². The van der Waals surface area contributed by atoms with Crippen molar-refractivity contribution in [1.29, 1.82) is 0 Å². The minimum atomic E-state index is -3.69. The summed E-state index contributed by atoms with van der Waals surface area (Å²) in [6, 6.07) is 11.9. The van der Waals surface area contributed by atoms with Gasteiger partial charge < -0.3 is 9.64 Å². The van der Waals surface area contributed by atoms with E-state index in [9.17, 15) is 12.8 Å². The molecule has 0 bridgehead atoms. The van der Waals surface area contributed by atoms with Crippen LogP contribution in [0.2, 0.25) is 0 Å². The summed E-state index contributed by atoms with van der Waals surface area (Å²) in [4.78, 5) is 2.07. The Kier molecular flexibility index (Phi) is 5.72. The lowest BCUT2D eigenvalue weighted by Crippen LogP contribution is -2.49. The van der Waals surface area contributed by atoms with Crippen molar-refractivity contribution in [3.63, 3.8) is 0 Å². The third-order valence-corrected chi connectivity index (χ3v) is 6.82. The lowest BCUT2D eigenvalue weighted by atomic mass is 10.0. The van der Waals surface area contributed by atoms with Crippen molar-refractivity contribution >= 4 is 15.7 Å². The molecule has 1 aliphatic heterocycles. The number of hydrogen-bond donors (Lipinski definition) is 0. The van der Waals surface area contributed by atoms with Crippen molar-refractivity contribution in [1.82, 2.24) is 4.31 Å². The number of rotatable bonds is 5. The van der Waals surface area contributed by atoms with Crippen LogP contribution in [0.3, 0.4) is 0 Å². The van der Waals surface area contributed by atoms with Gasteiger partial charge in [0, 0.05) is 26.2 Å². The molecule has 27 heavy (non-hydrogen) atoms. The zero-order chi connectivity index (χ0) is 19.6. The molecule has 1 aliphatic rings. The zero-order valence-electron chi connectivity index (χ0n) is 15.9. The van der Waals surface area contributed by atoms with Crippen LogP contribution in [0.4, 0.5) is 10.1 Å². The van der Waals surface area contributed by atoms with Gasteiger partial charge in [-0.15, -0.1) is 0 Å². The SMILES string of the molecule is COc1ccc(C(C)C)cc1S(=O)(=O)N1CCN(c2ccccc2F)CC1. The molecule has 0 saturated carbocycles. The highest BCUT2D eigenvalue weighted by Crippen LogP contribution is 2.31. The predicted octanol–water partition coefficient (Wildman–Crippen LogP) is 3.47. The maximum absolute atomic E-state index is 14.0. The summed E-state index contributed by atoms with van der Waals surface area (Å²) in [5.41, 5.74) is 1.45. The number of piperazine rings is 1. The van der Waals surface area contributed by atoms with E-state index in [0.29, 0.717) is 37.6 Å². The number of methoxy groups -OCH3 is 1. The molecule has 1 fully saturated rings. The van der Waals surface area contributed by atoms with Gasteiger partial charge in [-0.25, -0.2) is 12.8 Å². The summed E-state index contributed by atoms with van der Waals surface area (Å²) in [5, 5.41) is 0. The average molecular weight is 392 g/mol. The molecule has 1 heterocycles. The second kappa shape index (κ2) is 7.86. The molecule has 2 aromatic rings. The predicted molar refractivity (Wildman–Crippen MR) is 104 cm³/mol. The zero-order valence-corrected chi connectivity index (χ0v) is 16.7. The molecule has 0 atom stereocenters. The van der Waals surface area contributed by atoms with E-state index < -0.39 is 10.0 Å². The number of sulfonamides is 1. The Bertz CT molecular complexity index is 907. The molecule has 0 amide bonds.